The third-order valence-electron chi connectivity index (χ3n) is 3.35. The van der Waals surface area contributed by atoms with Crippen LogP contribution in [0.25, 0.3) is 0 Å². The number of hydrogen-bond donors (Lipinski definition) is 1. The highest BCUT2D eigenvalue weighted by molar-refractivity contribution is 7.91. The van der Waals surface area contributed by atoms with Gasteiger partial charge in [0, 0.05) is 31.5 Å². The quantitative estimate of drug-likeness (QED) is 0.811. The van der Waals surface area contributed by atoms with Gasteiger partial charge in [-0.15, -0.1) is 0 Å². The predicted molar refractivity (Wildman–Crippen MR) is 77.0 cm³/mol. The fourth-order valence-electron chi connectivity index (χ4n) is 2.39. The summed E-state index contributed by atoms with van der Waals surface area (Å²) in [6.07, 6.45) is 0.664. The molecule has 1 rings (SSSR count). The van der Waals surface area contributed by atoms with E-state index >= 15 is 0 Å². The number of sulfone groups is 1. The molecule has 116 valence electrons. The fourth-order valence-corrected chi connectivity index (χ4v) is 4.06. The zero-order chi connectivity index (χ0) is 15.6. The molecule has 1 unspecified atom stereocenters. The molecule has 0 aromatic carbocycles. The Balaban J connectivity index is 2.45. The molecule has 0 saturated carbocycles. The fraction of sp³-hybridized carbons (Fsp3) is 0.846. The van der Waals surface area contributed by atoms with Crippen molar-refractivity contribution in [3.8, 4) is 0 Å². The van der Waals surface area contributed by atoms with E-state index in [1.807, 2.05) is 20.8 Å². The van der Waals surface area contributed by atoms with Gasteiger partial charge in [-0.05, 0) is 27.2 Å². The van der Waals surface area contributed by atoms with E-state index in [1.165, 1.54) is 6.92 Å². The molecule has 2 amide bonds. The van der Waals surface area contributed by atoms with Crippen molar-refractivity contribution in [2.75, 3.05) is 18.1 Å². The van der Waals surface area contributed by atoms with Crippen LogP contribution in [0.4, 0.5) is 0 Å². The zero-order valence-electron chi connectivity index (χ0n) is 12.6. The molecule has 1 N–H and O–H groups in total. The summed E-state index contributed by atoms with van der Waals surface area (Å²) < 4.78 is 22.6. The minimum Gasteiger partial charge on any atom is -0.352 e. The Hall–Kier alpha value is -1.11. The van der Waals surface area contributed by atoms with Crippen LogP contribution in [-0.2, 0) is 19.4 Å². The SMILES string of the molecule is CC(=O)N(CCC(=O)NC1CCS(=O)(=O)C1)C(C)(C)C. The van der Waals surface area contributed by atoms with Crippen molar-refractivity contribution >= 4 is 21.7 Å². The summed E-state index contributed by atoms with van der Waals surface area (Å²) in [5.41, 5.74) is -0.331. The van der Waals surface area contributed by atoms with Crippen molar-refractivity contribution in [3.63, 3.8) is 0 Å². The van der Waals surface area contributed by atoms with Gasteiger partial charge in [0.1, 0.15) is 0 Å². The molecule has 1 heterocycles. The Labute approximate surface area is 120 Å². The van der Waals surface area contributed by atoms with Crippen LogP contribution in [0.5, 0.6) is 0 Å². The highest BCUT2D eigenvalue weighted by Gasteiger charge is 2.29. The van der Waals surface area contributed by atoms with Crippen LogP contribution in [-0.4, -0.2) is 54.8 Å². The molecule has 1 saturated heterocycles. The summed E-state index contributed by atoms with van der Waals surface area (Å²) in [5, 5.41) is 2.72. The second-order valence-corrected chi connectivity index (χ2v) is 8.49. The number of rotatable bonds is 4. The van der Waals surface area contributed by atoms with Gasteiger partial charge in [0.05, 0.1) is 11.5 Å². The summed E-state index contributed by atoms with van der Waals surface area (Å²) in [6, 6.07) is -0.284. The maximum absolute atomic E-state index is 11.8. The second kappa shape index (κ2) is 6.11. The Bertz CT molecular complexity index is 479. The van der Waals surface area contributed by atoms with Crippen LogP contribution in [0, 0.1) is 0 Å². The van der Waals surface area contributed by atoms with Crippen molar-refractivity contribution in [2.45, 2.75) is 52.1 Å². The number of nitrogens with zero attached hydrogens (tertiary/aromatic N) is 1. The molecule has 0 spiro atoms. The zero-order valence-corrected chi connectivity index (χ0v) is 13.4. The van der Waals surface area contributed by atoms with Crippen molar-refractivity contribution in [1.82, 2.24) is 10.2 Å². The third-order valence-corrected chi connectivity index (χ3v) is 5.12. The van der Waals surface area contributed by atoms with E-state index in [0.717, 1.165) is 0 Å². The molecule has 0 radical (unpaired) electrons. The van der Waals surface area contributed by atoms with Gasteiger partial charge < -0.3 is 10.2 Å². The smallest absolute Gasteiger partial charge is 0.222 e. The average Bonchev–Trinajstić information content (AvgIpc) is 2.55. The van der Waals surface area contributed by atoms with Gasteiger partial charge in [-0.25, -0.2) is 8.42 Å². The summed E-state index contributed by atoms with van der Waals surface area (Å²) in [5.74, 6) is -0.121. The molecule has 1 fully saturated rings. The predicted octanol–water partition coefficient (Wildman–Crippen LogP) is 0.327. The molecule has 6 nitrogen and oxygen atoms in total. The summed E-state index contributed by atoms with van der Waals surface area (Å²) in [6.45, 7) is 7.55. The largest absolute Gasteiger partial charge is 0.352 e. The number of amides is 2. The summed E-state index contributed by atoms with van der Waals surface area (Å²) in [7, 11) is -2.99. The summed E-state index contributed by atoms with van der Waals surface area (Å²) in [4.78, 5) is 25.0. The molecule has 1 aliphatic rings. The Morgan fingerprint density at radius 3 is 2.30 bits per heavy atom. The van der Waals surface area contributed by atoms with Gasteiger partial charge in [0.25, 0.3) is 0 Å². The van der Waals surface area contributed by atoms with Crippen molar-refractivity contribution in [1.29, 1.82) is 0 Å². The maximum Gasteiger partial charge on any atom is 0.222 e. The lowest BCUT2D eigenvalue weighted by molar-refractivity contribution is -0.134. The highest BCUT2D eigenvalue weighted by Crippen LogP contribution is 2.14. The normalized spacial score (nSPS) is 21.5. The van der Waals surface area contributed by atoms with Crippen molar-refractivity contribution < 1.29 is 18.0 Å². The maximum atomic E-state index is 11.8. The molecule has 1 atom stereocenters. The first-order valence-electron chi connectivity index (χ1n) is 6.79. The van der Waals surface area contributed by atoms with Gasteiger partial charge in [-0.1, -0.05) is 0 Å². The summed E-state index contributed by atoms with van der Waals surface area (Å²) >= 11 is 0. The van der Waals surface area contributed by atoms with E-state index in [0.29, 0.717) is 13.0 Å². The van der Waals surface area contributed by atoms with Crippen LogP contribution >= 0.6 is 0 Å². The third kappa shape index (κ3) is 5.11. The van der Waals surface area contributed by atoms with Gasteiger partial charge in [0.15, 0.2) is 9.84 Å². The van der Waals surface area contributed by atoms with Gasteiger partial charge in [0.2, 0.25) is 11.8 Å². The van der Waals surface area contributed by atoms with Gasteiger partial charge >= 0.3 is 0 Å². The van der Waals surface area contributed by atoms with E-state index in [4.69, 9.17) is 0 Å². The Morgan fingerprint density at radius 1 is 1.30 bits per heavy atom. The molecule has 0 aromatic rings. The van der Waals surface area contributed by atoms with Crippen LogP contribution in [0.15, 0.2) is 0 Å². The molecule has 1 aliphatic heterocycles. The van der Waals surface area contributed by atoms with Crippen LogP contribution < -0.4 is 5.32 Å². The van der Waals surface area contributed by atoms with Crippen molar-refractivity contribution in [3.05, 3.63) is 0 Å². The lowest BCUT2D eigenvalue weighted by Gasteiger charge is -2.34. The number of hydrogen-bond acceptors (Lipinski definition) is 4. The van der Waals surface area contributed by atoms with Crippen LogP contribution in [0.3, 0.4) is 0 Å². The lowest BCUT2D eigenvalue weighted by atomic mass is 10.1. The first-order valence-corrected chi connectivity index (χ1v) is 8.61. The molecule has 7 heteroatoms. The molecular weight excluding hydrogens is 280 g/mol. The lowest BCUT2D eigenvalue weighted by Crippen LogP contribution is -2.46. The number of nitrogens with one attached hydrogen (secondary N) is 1. The minimum atomic E-state index is -2.99. The Morgan fingerprint density at radius 2 is 1.90 bits per heavy atom. The van der Waals surface area contributed by atoms with Crippen LogP contribution in [0.1, 0.15) is 40.5 Å². The van der Waals surface area contributed by atoms with E-state index in [2.05, 4.69) is 5.32 Å². The van der Waals surface area contributed by atoms with E-state index in [1.54, 1.807) is 4.90 Å². The van der Waals surface area contributed by atoms with Gasteiger partial charge in [-0.2, -0.15) is 0 Å². The second-order valence-electron chi connectivity index (χ2n) is 6.26. The van der Waals surface area contributed by atoms with Crippen molar-refractivity contribution in [2.24, 2.45) is 0 Å². The number of carbonyl (C=O) groups excluding carboxylic acids is 2. The van der Waals surface area contributed by atoms with E-state index < -0.39 is 9.84 Å². The molecule has 0 aliphatic carbocycles. The first-order chi connectivity index (χ1) is 9.01. The van der Waals surface area contributed by atoms with E-state index in [9.17, 15) is 18.0 Å². The highest BCUT2D eigenvalue weighted by atomic mass is 32.2. The molecular formula is C13H24N2O4S. The average molecular weight is 304 g/mol. The van der Waals surface area contributed by atoms with E-state index in [-0.39, 0.29) is 41.3 Å². The molecule has 0 bridgehead atoms. The standard InChI is InChI=1S/C13H24N2O4S/c1-10(16)15(13(2,3)4)7-5-12(17)14-11-6-8-20(18,19)9-11/h11H,5-9H2,1-4H3,(H,14,17). The molecule has 0 aromatic heterocycles. The minimum absolute atomic E-state index is 0.0223. The monoisotopic (exact) mass is 304 g/mol. The molecule has 20 heavy (non-hydrogen) atoms. The number of carbonyl (C=O) groups is 2. The van der Waals surface area contributed by atoms with Crippen LogP contribution in [0.2, 0.25) is 0 Å². The Kier molecular flexibility index (Phi) is 5.18. The van der Waals surface area contributed by atoms with Gasteiger partial charge in [-0.3, -0.25) is 9.59 Å². The topological polar surface area (TPSA) is 83.6 Å². The first kappa shape index (κ1) is 16.9.